The van der Waals surface area contributed by atoms with Gasteiger partial charge in [0, 0.05) is 17.3 Å². The molecule has 0 aliphatic carbocycles. The number of benzene rings is 2. The average Bonchev–Trinajstić information content (AvgIpc) is 2.45. The van der Waals surface area contributed by atoms with Crippen molar-refractivity contribution in [2.45, 2.75) is 6.54 Å². The Labute approximate surface area is 122 Å². The van der Waals surface area contributed by atoms with Gasteiger partial charge in [-0.3, -0.25) is 4.79 Å². The predicted octanol–water partition coefficient (Wildman–Crippen LogP) is 2.86. The van der Waals surface area contributed by atoms with Gasteiger partial charge < -0.3 is 15.8 Å². The summed E-state index contributed by atoms with van der Waals surface area (Å²) in [5, 5.41) is 3.44. The highest BCUT2D eigenvalue weighted by molar-refractivity contribution is 6.30. The summed E-state index contributed by atoms with van der Waals surface area (Å²) >= 11 is 5.89. The first-order valence-corrected chi connectivity index (χ1v) is 6.44. The molecule has 104 valence electrons. The predicted molar refractivity (Wildman–Crippen MR) is 80.0 cm³/mol. The van der Waals surface area contributed by atoms with Crippen LogP contribution in [0.5, 0.6) is 5.75 Å². The van der Waals surface area contributed by atoms with Crippen LogP contribution in [0.4, 0.5) is 5.69 Å². The standard InChI is InChI=1S/C15H15ClN2O2/c1-20-12-5-6-14(17)13(8-12)15(19)18-9-10-3-2-4-11(16)7-10/h2-8H,9,17H2,1H3,(H,18,19). The van der Waals surface area contributed by atoms with Crippen LogP contribution in [0.2, 0.25) is 5.02 Å². The van der Waals surface area contributed by atoms with Crippen LogP contribution >= 0.6 is 11.6 Å². The number of amides is 1. The van der Waals surface area contributed by atoms with Gasteiger partial charge in [0.25, 0.3) is 5.91 Å². The molecule has 20 heavy (non-hydrogen) atoms. The molecule has 0 saturated heterocycles. The van der Waals surface area contributed by atoms with Crippen molar-refractivity contribution in [2.75, 3.05) is 12.8 Å². The molecular weight excluding hydrogens is 276 g/mol. The van der Waals surface area contributed by atoms with Crippen LogP contribution in [0.1, 0.15) is 15.9 Å². The van der Waals surface area contributed by atoms with E-state index in [1.807, 2.05) is 12.1 Å². The first-order valence-electron chi connectivity index (χ1n) is 6.06. The van der Waals surface area contributed by atoms with Gasteiger partial charge in [-0.05, 0) is 35.9 Å². The fraction of sp³-hybridized carbons (Fsp3) is 0.133. The van der Waals surface area contributed by atoms with Gasteiger partial charge in [0.15, 0.2) is 0 Å². The van der Waals surface area contributed by atoms with E-state index in [2.05, 4.69) is 5.32 Å². The van der Waals surface area contributed by atoms with Crippen LogP contribution < -0.4 is 15.8 Å². The van der Waals surface area contributed by atoms with Crippen molar-refractivity contribution in [3.05, 3.63) is 58.6 Å². The number of nitrogens with one attached hydrogen (secondary N) is 1. The van der Waals surface area contributed by atoms with E-state index in [1.54, 1.807) is 37.4 Å². The van der Waals surface area contributed by atoms with Crippen molar-refractivity contribution < 1.29 is 9.53 Å². The molecule has 3 N–H and O–H groups in total. The van der Waals surface area contributed by atoms with E-state index in [4.69, 9.17) is 22.1 Å². The monoisotopic (exact) mass is 290 g/mol. The lowest BCUT2D eigenvalue weighted by Gasteiger charge is -2.09. The molecule has 0 saturated carbocycles. The summed E-state index contributed by atoms with van der Waals surface area (Å²) in [6.45, 7) is 0.385. The molecule has 1 amide bonds. The van der Waals surface area contributed by atoms with Crippen molar-refractivity contribution >= 4 is 23.2 Å². The molecule has 0 bridgehead atoms. The van der Waals surface area contributed by atoms with Gasteiger partial charge in [0.05, 0.1) is 12.7 Å². The third-order valence-corrected chi connectivity index (χ3v) is 3.08. The van der Waals surface area contributed by atoms with Gasteiger partial charge >= 0.3 is 0 Å². The third kappa shape index (κ3) is 3.42. The average molecular weight is 291 g/mol. The number of hydrogen-bond acceptors (Lipinski definition) is 3. The number of methoxy groups -OCH3 is 1. The van der Waals surface area contributed by atoms with Crippen molar-refractivity contribution in [3.63, 3.8) is 0 Å². The zero-order valence-electron chi connectivity index (χ0n) is 11.0. The van der Waals surface area contributed by atoms with Gasteiger partial charge in [0.2, 0.25) is 0 Å². The minimum Gasteiger partial charge on any atom is -0.497 e. The number of nitrogen functional groups attached to an aromatic ring is 1. The van der Waals surface area contributed by atoms with Crippen LogP contribution in [0, 0.1) is 0 Å². The van der Waals surface area contributed by atoms with Gasteiger partial charge in [-0.2, -0.15) is 0 Å². The summed E-state index contributed by atoms with van der Waals surface area (Å²) in [6.07, 6.45) is 0. The highest BCUT2D eigenvalue weighted by atomic mass is 35.5. The summed E-state index contributed by atoms with van der Waals surface area (Å²) < 4.78 is 5.09. The van der Waals surface area contributed by atoms with Gasteiger partial charge in [0.1, 0.15) is 5.75 Å². The summed E-state index contributed by atoms with van der Waals surface area (Å²) in [7, 11) is 1.54. The molecule has 2 aromatic carbocycles. The second-order valence-corrected chi connectivity index (χ2v) is 4.70. The van der Waals surface area contributed by atoms with Crippen LogP contribution in [0.15, 0.2) is 42.5 Å². The number of carbonyl (C=O) groups is 1. The number of carbonyl (C=O) groups excluding carboxylic acids is 1. The number of ether oxygens (including phenoxy) is 1. The Bertz CT molecular complexity index is 629. The molecular formula is C15H15ClN2O2. The van der Waals surface area contributed by atoms with E-state index in [9.17, 15) is 4.79 Å². The Balaban J connectivity index is 2.08. The van der Waals surface area contributed by atoms with Gasteiger partial charge in [-0.15, -0.1) is 0 Å². The maximum absolute atomic E-state index is 12.1. The SMILES string of the molecule is COc1ccc(N)c(C(=O)NCc2cccc(Cl)c2)c1. The lowest BCUT2D eigenvalue weighted by Crippen LogP contribution is -2.23. The summed E-state index contributed by atoms with van der Waals surface area (Å²) in [5.41, 5.74) is 7.53. The number of halogens is 1. The lowest BCUT2D eigenvalue weighted by molar-refractivity contribution is 0.0951. The third-order valence-electron chi connectivity index (χ3n) is 2.85. The largest absolute Gasteiger partial charge is 0.497 e. The molecule has 5 heteroatoms. The number of hydrogen-bond donors (Lipinski definition) is 2. The van der Waals surface area contributed by atoms with Gasteiger partial charge in [-0.25, -0.2) is 0 Å². The topological polar surface area (TPSA) is 64.3 Å². The molecule has 0 heterocycles. The molecule has 0 spiro atoms. The fourth-order valence-electron chi connectivity index (χ4n) is 1.78. The van der Waals surface area contributed by atoms with Crippen molar-refractivity contribution in [2.24, 2.45) is 0 Å². The molecule has 0 atom stereocenters. The zero-order chi connectivity index (χ0) is 14.5. The Kier molecular flexibility index (Phi) is 4.48. The Morgan fingerprint density at radius 2 is 2.10 bits per heavy atom. The second kappa shape index (κ2) is 6.30. The molecule has 0 radical (unpaired) electrons. The number of nitrogens with two attached hydrogens (primary N) is 1. The maximum atomic E-state index is 12.1. The normalized spacial score (nSPS) is 10.1. The lowest BCUT2D eigenvalue weighted by atomic mass is 10.1. The fourth-order valence-corrected chi connectivity index (χ4v) is 2.00. The van der Waals surface area contributed by atoms with Crippen molar-refractivity contribution in [3.8, 4) is 5.75 Å². The Morgan fingerprint density at radius 1 is 1.30 bits per heavy atom. The minimum atomic E-state index is -0.249. The highest BCUT2D eigenvalue weighted by Gasteiger charge is 2.10. The zero-order valence-corrected chi connectivity index (χ0v) is 11.8. The molecule has 2 rings (SSSR count). The number of rotatable bonds is 4. The summed E-state index contributed by atoms with van der Waals surface area (Å²) in [5.74, 6) is 0.341. The van der Waals surface area contributed by atoms with E-state index in [1.165, 1.54) is 0 Å². The van der Waals surface area contributed by atoms with Gasteiger partial charge in [-0.1, -0.05) is 23.7 Å². The minimum absolute atomic E-state index is 0.249. The summed E-state index contributed by atoms with van der Waals surface area (Å²) in [4.78, 5) is 12.1. The molecule has 0 fully saturated rings. The first-order chi connectivity index (χ1) is 9.60. The van der Waals surface area contributed by atoms with Crippen LogP contribution in [-0.4, -0.2) is 13.0 Å². The van der Waals surface area contributed by atoms with E-state index < -0.39 is 0 Å². The molecule has 0 aliphatic heterocycles. The summed E-state index contributed by atoms with van der Waals surface area (Å²) in [6, 6.07) is 12.3. The Hall–Kier alpha value is -2.20. The Morgan fingerprint density at radius 3 is 2.80 bits per heavy atom. The highest BCUT2D eigenvalue weighted by Crippen LogP contribution is 2.19. The quantitative estimate of drug-likeness (QED) is 0.851. The van der Waals surface area contributed by atoms with E-state index in [-0.39, 0.29) is 5.91 Å². The smallest absolute Gasteiger partial charge is 0.253 e. The van der Waals surface area contributed by atoms with Crippen LogP contribution in [0.3, 0.4) is 0 Å². The molecule has 0 unspecified atom stereocenters. The van der Waals surface area contributed by atoms with E-state index in [0.717, 1.165) is 5.56 Å². The molecule has 4 nitrogen and oxygen atoms in total. The maximum Gasteiger partial charge on any atom is 0.253 e. The second-order valence-electron chi connectivity index (χ2n) is 4.27. The number of anilines is 1. The van der Waals surface area contributed by atoms with E-state index >= 15 is 0 Å². The van der Waals surface area contributed by atoms with Crippen LogP contribution in [-0.2, 0) is 6.54 Å². The van der Waals surface area contributed by atoms with E-state index in [0.29, 0.717) is 28.6 Å². The van der Waals surface area contributed by atoms with Crippen LogP contribution in [0.25, 0.3) is 0 Å². The van der Waals surface area contributed by atoms with Crippen molar-refractivity contribution in [1.29, 1.82) is 0 Å². The first kappa shape index (κ1) is 14.2. The van der Waals surface area contributed by atoms with Crippen molar-refractivity contribution in [1.82, 2.24) is 5.32 Å². The molecule has 0 aliphatic rings. The molecule has 0 aromatic heterocycles. The molecule has 2 aromatic rings.